The normalized spacial score (nSPS) is 12.1. The van der Waals surface area contributed by atoms with Gasteiger partial charge in [-0.3, -0.25) is 4.57 Å². The smallest absolute Gasteiger partial charge is 0.162 e. The summed E-state index contributed by atoms with van der Waals surface area (Å²) in [6, 6.07) is 67.8. The molecule has 258 valence electrons. The van der Waals surface area contributed by atoms with Crippen molar-refractivity contribution in [2.75, 3.05) is 4.90 Å². The molecule has 10 aromatic rings. The molecule has 5 heteroatoms. The average molecular weight is 705 g/mol. The zero-order valence-electron chi connectivity index (χ0n) is 29.7. The fraction of sp³-hybridized carbons (Fsp3) is 0. The zero-order chi connectivity index (χ0) is 36.3. The summed E-state index contributed by atoms with van der Waals surface area (Å²) in [4.78, 5) is 12.7. The molecule has 0 fully saturated rings. The van der Waals surface area contributed by atoms with Crippen LogP contribution in [0, 0.1) is 0 Å². The van der Waals surface area contributed by atoms with Gasteiger partial charge < -0.3 is 9.64 Å². The summed E-state index contributed by atoms with van der Waals surface area (Å²) in [6.45, 7) is 0. The Morgan fingerprint density at radius 3 is 1.93 bits per heavy atom. The highest BCUT2D eigenvalue weighted by Gasteiger charge is 2.26. The first kappa shape index (κ1) is 31.1. The highest BCUT2D eigenvalue weighted by atomic mass is 16.5. The molecule has 0 aliphatic carbocycles. The fourth-order valence-corrected chi connectivity index (χ4v) is 8.03. The molecule has 1 aliphatic rings. The molecule has 0 radical (unpaired) electrons. The van der Waals surface area contributed by atoms with E-state index in [4.69, 9.17) is 14.7 Å². The number of fused-ring (bicyclic) bond motifs is 7. The van der Waals surface area contributed by atoms with Crippen LogP contribution >= 0.6 is 0 Å². The summed E-state index contributed by atoms with van der Waals surface area (Å²) in [5, 5.41) is 4.77. The van der Waals surface area contributed by atoms with Gasteiger partial charge in [0.2, 0.25) is 0 Å². The summed E-state index contributed by atoms with van der Waals surface area (Å²) in [5.41, 5.74) is 10.3. The number of nitrogens with zero attached hydrogens (tertiary/aromatic N) is 4. The molecule has 0 spiro atoms. The van der Waals surface area contributed by atoms with E-state index in [-0.39, 0.29) is 0 Å². The summed E-state index contributed by atoms with van der Waals surface area (Å²) in [5.74, 6) is 3.14. The molecule has 2 aromatic heterocycles. The van der Waals surface area contributed by atoms with E-state index in [1.165, 1.54) is 16.2 Å². The van der Waals surface area contributed by atoms with Crippen molar-refractivity contribution < 1.29 is 4.74 Å². The lowest BCUT2D eigenvalue weighted by molar-refractivity contribution is 0.477. The summed E-state index contributed by atoms with van der Waals surface area (Å²) in [6.07, 6.45) is 0. The maximum atomic E-state index is 6.48. The summed E-state index contributed by atoms with van der Waals surface area (Å²) >= 11 is 0. The van der Waals surface area contributed by atoms with E-state index >= 15 is 0 Å². The van der Waals surface area contributed by atoms with Gasteiger partial charge in [-0.25, -0.2) is 9.97 Å². The topological polar surface area (TPSA) is 43.2 Å². The molecule has 1 aliphatic heterocycles. The molecule has 55 heavy (non-hydrogen) atoms. The van der Waals surface area contributed by atoms with Gasteiger partial charge in [0.15, 0.2) is 17.3 Å². The molecule has 0 unspecified atom stereocenters. The number of hydrogen-bond donors (Lipinski definition) is 0. The molecular weight excluding hydrogens is 673 g/mol. The van der Waals surface area contributed by atoms with Crippen molar-refractivity contribution in [3.05, 3.63) is 194 Å². The van der Waals surface area contributed by atoms with Crippen LogP contribution in [-0.2, 0) is 0 Å². The molecule has 0 atom stereocenters. The van der Waals surface area contributed by atoms with Crippen LogP contribution in [0.2, 0.25) is 0 Å². The van der Waals surface area contributed by atoms with Crippen molar-refractivity contribution in [2.24, 2.45) is 0 Å². The highest BCUT2D eigenvalue weighted by molar-refractivity contribution is 6.21. The lowest BCUT2D eigenvalue weighted by atomic mass is 9.99. The van der Waals surface area contributed by atoms with Gasteiger partial charge >= 0.3 is 0 Å². The predicted molar refractivity (Wildman–Crippen MR) is 225 cm³/mol. The Morgan fingerprint density at radius 1 is 0.418 bits per heavy atom. The first-order chi connectivity index (χ1) is 27.3. The van der Waals surface area contributed by atoms with Crippen LogP contribution in [0.3, 0.4) is 0 Å². The molecule has 5 nitrogen and oxygen atoms in total. The number of hydrogen-bond acceptors (Lipinski definition) is 4. The zero-order valence-corrected chi connectivity index (χ0v) is 29.7. The van der Waals surface area contributed by atoms with Crippen LogP contribution in [0.1, 0.15) is 0 Å². The number of aromatic nitrogens is 3. The summed E-state index contributed by atoms with van der Waals surface area (Å²) in [7, 11) is 0. The Kier molecular flexibility index (Phi) is 7.10. The Hall–Kier alpha value is -7.50. The van der Waals surface area contributed by atoms with Gasteiger partial charge in [0.05, 0.1) is 28.1 Å². The molecule has 0 amide bonds. The van der Waals surface area contributed by atoms with E-state index < -0.39 is 0 Å². The second-order valence-corrected chi connectivity index (χ2v) is 13.8. The third kappa shape index (κ3) is 5.17. The number of benzene rings is 8. The third-order valence-corrected chi connectivity index (χ3v) is 10.6. The van der Waals surface area contributed by atoms with Crippen molar-refractivity contribution in [2.45, 2.75) is 0 Å². The van der Waals surface area contributed by atoms with Crippen molar-refractivity contribution in [1.29, 1.82) is 0 Å². The lowest BCUT2D eigenvalue weighted by Crippen LogP contribution is -2.15. The van der Waals surface area contributed by atoms with Gasteiger partial charge in [0.25, 0.3) is 0 Å². The third-order valence-electron chi connectivity index (χ3n) is 10.6. The minimum absolute atomic E-state index is 0.680. The Morgan fingerprint density at radius 2 is 1.09 bits per heavy atom. The number of anilines is 3. The van der Waals surface area contributed by atoms with E-state index in [0.29, 0.717) is 5.82 Å². The first-order valence-corrected chi connectivity index (χ1v) is 18.5. The highest BCUT2D eigenvalue weighted by Crippen LogP contribution is 2.51. The molecule has 8 aromatic carbocycles. The molecule has 0 N–H and O–H groups in total. The maximum Gasteiger partial charge on any atom is 0.162 e. The lowest BCUT2D eigenvalue weighted by Gasteiger charge is -2.33. The van der Waals surface area contributed by atoms with Gasteiger partial charge in [-0.2, -0.15) is 0 Å². The first-order valence-electron chi connectivity index (χ1n) is 18.5. The monoisotopic (exact) mass is 704 g/mol. The Balaban J connectivity index is 1.16. The maximum absolute atomic E-state index is 6.48. The Bertz CT molecular complexity index is 3010. The van der Waals surface area contributed by atoms with Gasteiger partial charge in [-0.1, -0.05) is 140 Å². The molecule has 0 bridgehead atoms. The fourth-order valence-electron chi connectivity index (χ4n) is 8.03. The van der Waals surface area contributed by atoms with Crippen LogP contribution in [-0.4, -0.2) is 14.5 Å². The largest absolute Gasteiger partial charge is 0.453 e. The van der Waals surface area contributed by atoms with Gasteiger partial charge in [0, 0.05) is 33.7 Å². The molecule has 0 saturated heterocycles. The second-order valence-electron chi connectivity index (χ2n) is 13.8. The molecule has 11 rings (SSSR count). The van der Waals surface area contributed by atoms with E-state index in [2.05, 4.69) is 161 Å². The number of rotatable bonds is 5. The van der Waals surface area contributed by atoms with E-state index in [9.17, 15) is 0 Å². The van der Waals surface area contributed by atoms with Crippen LogP contribution in [0.4, 0.5) is 17.1 Å². The van der Waals surface area contributed by atoms with Crippen molar-refractivity contribution in [3.8, 4) is 51.1 Å². The minimum atomic E-state index is 0.680. The predicted octanol–water partition coefficient (Wildman–Crippen LogP) is 13.3. The quantitative estimate of drug-likeness (QED) is 0.179. The number of ether oxygens (including phenoxy) is 1. The van der Waals surface area contributed by atoms with Gasteiger partial charge in [-0.15, -0.1) is 0 Å². The van der Waals surface area contributed by atoms with E-state index in [1.807, 2.05) is 42.5 Å². The molecule has 0 saturated carbocycles. The minimum Gasteiger partial charge on any atom is -0.453 e. The number of para-hydroxylation sites is 3. The second kappa shape index (κ2) is 12.6. The van der Waals surface area contributed by atoms with Gasteiger partial charge in [0.1, 0.15) is 5.82 Å². The van der Waals surface area contributed by atoms with Crippen molar-refractivity contribution in [1.82, 2.24) is 14.5 Å². The molecule has 3 heterocycles. The average Bonchev–Trinajstić information content (AvgIpc) is 3.60. The Labute approximate surface area is 318 Å². The van der Waals surface area contributed by atoms with E-state index in [1.54, 1.807) is 0 Å². The van der Waals surface area contributed by atoms with Crippen molar-refractivity contribution in [3.63, 3.8) is 0 Å². The molecular formula is C50H32N4O. The van der Waals surface area contributed by atoms with Crippen LogP contribution < -0.4 is 9.64 Å². The standard InChI is InChI=1S/C50H32N4O/c1-4-15-34(16-5-1)41-32-48(52-50(51-41)35-17-6-2-7-18-35)54-43-28-25-33-14-10-11-21-39(33)49(43)40-27-24-36(30-44(40)54)37-26-29-47-45(31-37)53(38-19-8-3-9-20-38)42-22-12-13-23-46(42)55-47/h1-32H. The van der Waals surface area contributed by atoms with Crippen LogP contribution in [0.15, 0.2) is 194 Å². The van der Waals surface area contributed by atoms with Crippen molar-refractivity contribution >= 4 is 49.6 Å². The summed E-state index contributed by atoms with van der Waals surface area (Å²) < 4.78 is 8.80. The van der Waals surface area contributed by atoms with Gasteiger partial charge in [-0.05, 0) is 70.4 Å². The SMILES string of the molecule is c1ccc(-c2cc(-n3c4cc(-c5ccc6c(c5)N(c5ccccc5)c5ccccc5O6)ccc4c4c5ccccc5ccc43)nc(-c3ccccc3)n2)cc1. The van der Waals surface area contributed by atoms with Crippen LogP contribution in [0.5, 0.6) is 11.5 Å². The van der Waals surface area contributed by atoms with E-state index in [0.717, 1.165) is 78.7 Å². The van der Waals surface area contributed by atoms with Crippen LogP contribution in [0.25, 0.3) is 72.2 Å².